The molecule has 5 nitrogen and oxygen atoms in total. The lowest BCUT2D eigenvalue weighted by atomic mass is 10.1. The Bertz CT molecular complexity index is 698. The van der Waals surface area contributed by atoms with E-state index in [1.54, 1.807) is 24.7 Å². The van der Waals surface area contributed by atoms with E-state index in [-0.39, 0.29) is 11.2 Å². The van der Waals surface area contributed by atoms with Crippen molar-refractivity contribution in [3.05, 3.63) is 44.6 Å². The van der Waals surface area contributed by atoms with Gasteiger partial charge in [0, 0.05) is 20.1 Å². The van der Waals surface area contributed by atoms with E-state index >= 15 is 0 Å². The summed E-state index contributed by atoms with van der Waals surface area (Å²) in [7, 11) is 3.49. The summed E-state index contributed by atoms with van der Waals surface area (Å²) in [6.45, 7) is 2.87. The van der Waals surface area contributed by atoms with Crippen LogP contribution < -0.4 is 16.6 Å². The van der Waals surface area contributed by atoms with Crippen LogP contribution in [0.2, 0.25) is 0 Å². The number of likely N-dealkylation sites (N-methyl/N-ethyl adjacent to an activating group) is 1. The van der Waals surface area contributed by atoms with Gasteiger partial charge in [-0.3, -0.25) is 13.9 Å². The largest absolute Gasteiger partial charge is 0.331 e. The summed E-state index contributed by atoms with van der Waals surface area (Å²) < 4.78 is 2.82. The minimum Gasteiger partial charge on any atom is -0.318 e. The van der Waals surface area contributed by atoms with Gasteiger partial charge in [-0.1, -0.05) is 12.1 Å². The van der Waals surface area contributed by atoms with Crippen LogP contribution in [0.4, 0.5) is 0 Å². The maximum absolute atomic E-state index is 12.3. The van der Waals surface area contributed by atoms with Gasteiger partial charge in [-0.15, -0.1) is 0 Å². The van der Waals surface area contributed by atoms with Crippen LogP contribution in [-0.2, 0) is 13.6 Å². The molecule has 0 aliphatic heterocycles. The molecule has 5 heteroatoms. The van der Waals surface area contributed by atoms with Crippen LogP contribution in [0.15, 0.2) is 27.8 Å². The molecule has 0 aliphatic rings. The summed E-state index contributed by atoms with van der Waals surface area (Å²) in [5, 5.41) is 3.53. The molecule has 1 N–H and O–H groups in total. The lowest BCUT2D eigenvalue weighted by Crippen LogP contribution is -2.41. The summed E-state index contributed by atoms with van der Waals surface area (Å²) in [5.41, 5.74) is 1.17. The molecule has 0 atom stereocenters. The van der Waals surface area contributed by atoms with Gasteiger partial charge >= 0.3 is 5.69 Å². The molecule has 0 spiro atoms. The number of aromatic nitrogens is 2. The third-order valence-corrected chi connectivity index (χ3v) is 3.15. The molecule has 0 saturated carbocycles. The number of hydrogen-bond donors (Lipinski definition) is 1. The zero-order valence-electron chi connectivity index (χ0n) is 10.9. The molecule has 0 amide bonds. The molecule has 0 aliphatic carbocycles. The van der Waals surface area contributed by atoms with Gasteiger partial charge in [-0.25, -0.2) is 4.79 Å². The van der Waals surface area contributed by atoms with E-state index in [1.165, 1.54) is 4.57 Å². The van der Waals surface area contributed by atoms with E-state index in [2.05, 4.69) is 5.32 Å². The molecule has 1 aromatic carbocycles. The number of para-hydroxylation sites is 1. The molecule has 0 saturated heterocycles. The van der Waals surface area contributed by atoms with Gasteiger partial charge in [0.25, 0.3) is 5.56 Å². The van der Waals surface area contributed by atoms with Gasteiger partial charge < -0.3 is 5.32 Å². The van der Waals surface area contributed by atoms with Gasteiger partial charge in [-0.2, -0.15) is 0 Å². The highest BCUT2D eigenvalue weighted by atomic mass is 16.2. The zero-order valence-corrected chi connectivity index (χ0v) is 10.9. The Morgan fingerprint density at radius 3 is 2.67 bits per heavy atom. The maximum Gasteiger partial charge on any atom is 0.331 e. The first-order chi connectivity index (χ1) is 8.57. The zero-order chi connectivity index (χ0) is 13.3. The van der Waals surface area contributed by atoms with Crippen molar-refractivity contribution in [3.8, 4) is 0 Å². The summed E-state index contributed by atoms with van der Waals surface area (Å²) in [5.74, 6) is 0. The Balaban J connectivity index is 2.84. The van der Waals surface area contributed by atoms with E-state index in [0.717, 1.165) is 5.56 Å². The van der Waals surface area contributed by atoms with Crippen LogP contribution in [0.25, 0.3) is 10.9 Å². The van der Waals surface area contributed by atoms with E-state index in [1.807, 2.05) is 19.1 Å². The second-order valence-electron chi connectivity index (χ2n) is 4.37. The quantitative estimate of drug-likeness (QED) is 0.844. The average molecular weight is 247 g/mol. The Labute approximate surface area is 105 Å². The highest BCUT2D eigenvalue weighted by Gasteiger charge is 2.11. The minimum absolute atomic E-state index is 0.216. The number of nitrogens with zero attached hydrogens (tertiary/aromatic N) is 2. The molecule has 2 rings (SSSR count). The van der Waals surface area contributed by atoms with Gasteiger partial charge in [0.05, 0.1) is 10.9 Å². The van der Waals surface area contributed by atoms with E-state index in [0.29, 0.717) is 24.0 Å². The van der Waals surface area contributed by atoms with Crippen LogP contribution in [0.5, 0.6) is 0 Å². The molecule has 18 heavy (non-hydrogen) atoms. The normalized spacial score (nSPS) is 11.1. The summed E-state index contributed by atoms with van der Waals surface area (Å²) in [4.78, 5) is 24.4. The van der Waals surface area contributed by atoms with Crippen LogP contribution in [-0.4, -0.2) is 22.7 Å². The van der Waals surface area contributed by atoms with Crippen molar-refractivity contribution in [1.29, 1.82) is 0 Å². The molecular formula is C13H17N3O2. The topological polar surface area (TPSA) is 56.0 Å². The first-order valence-corrected chi connectivity index (χ1v) is 5.91. The Morgan fingerprint density at radius 2 is 2.00 bits per heavy atom. The molecule has 96 valence electrons. The fourth-order valence-corrected chi connectivity index (χ4v) is 2.21. The molecule has 0 unspecified atom stereocenters. The first-order valence-electron chi connectivity index (χ1n) is 5.91. The first kappa shape index (κ1) is 12.6. The molecule has 2 aromatic rings. The molecule has 0 bridgehead atoms. The Kier molecular flexibility index (Phi) is 3.34. The second-order valence-corrected chi connectivity index (χ2v) is 4.37. The number of benzene rings is 1. The van der Waals surface area contributed by atoms with E-state index < -0.39 is 0 Å². The maximum atomic E-state index is 12.3. The van der Waals surface area contributed by atoms with Crippen molar-refractivity contribution < 1.29 is 0 Å². The number of fused-ring (bicyclic) bond motifs is 1. The average Bonchev–Trinajstić information content (AvgIpc) is 2.36. The Morgan fingerprint density at radius 1 is 1.28 bits per heavy atom. The third kappa shape index (κ3) is 1.86. The molecular weight excluding hydrogens is 230 g/mol. The van der Waals surface area contributed by atoms with Gasteiger partial charge in [0.15, 0.2) is 0 Å². The predicted octanol–water partition coefficient (Wildman–Crippen LogP) is 0.228. The fourth-order valence-electron chi connectivity index (χ4n) is 2.21. The molecule has 0 radical (unpaired) electrons. The monoisotopic (exact) mass is 247 g/mol. The van der Waals surface area contributed by atoms with Crippen molar-refractivity contribution in [2.24, 2.45) is 7.05 Å². The summed E-state index contributed by atoms with van der Waals surface area (Å²) in [6.07, 6.45) is 0. The molecule has 0 fully saturated rings. The summed E-state index contributed by atoms with van der Waals surface area (Å²) in [6, 6.07) is 5.51. The number of nitrogens with one attached hydrogen (secondary N) is 1. The predicted molar refractivity (Wildman–Crippen MR) is 72.1 cm³/mol. The van der Waals surface area contributed by atoms with E-state index in [4.69, 9.17) is 0 Å². The molecule has 1 aromatic heterocycles. The second kappa shape index (κ2) is 4.78. The van der Waals surface area contributed by atoms with Crippen molar-refractivity contribution >= 4 is 10.9 Å². The number of aryl methyl sites for hydroxylation is 2. The van der Waals surface area contributed by atoms with Crippen molar-refractivity contribution in [2.75, 3.05) is 13.6 Å². The smallest absolute Gasteiger partial charge is 0.318 e. The van der Waals surface area contributed by atoms with Crippen LogP contribution in [0, 0.1) is 6.92 Å². The number of rotatable bonds is 3. The van der Waals surface area contributed by atoms with Crippen molar-refractivity contribution in [3.63, 3.8) is 0 Å². The molecule has 1 heterocycles. The lowest BCUT2D eigenvalue weighted by molar-refractivity contribution is 0.579. The van der Waals surface area contributed by atoms with Gasteiger partial charge in [-0.05, 0) is 25.6 Å². The van der Waals surface area contributed by atoms with Crippen molar-refractivity contribution in [1.82, 2.24) is 14.5 Å². The highest BCUT2D eigenvalue weighted by molar-refractivity contribution is 5.81. The SMILES string of the molecule is CNCCn1c(=O)c2cccc(C)c2n(C)c1=O. The number of hydrogen-bond acceptors (Lipinski definition) is 3. The van der Waals surface area contributed by atoms with E-state index in [9.17, 15) is 9.59 Å². The highest BCUT2D eigenvalue weighted by Crippen LogP contribution is 2.12. The van der Waals surface area contributed by atoms with Gasteiger partial charge in [0.1, 0.15) is 0 Å². The Hall–Kier alpha value is -1.88. The van der Waals surface area contributed by atoms with Crippen LogP contribution in [0.1, 0.15) is 5.56 Å². The fraction of sp³-hybridized carbons (Fsp3) is 0.385. The minimum atomic E-state index is -0.267. The standard InChI is InChI=1S/C13H17N3O2/c1-9-5-4-6-10-11(9)15(3)13(18)16(12(10)17)8-7-14-2/h4-6,14H,7-8H2,1-3H3. The third-order valence-electron chi connectivity index (χ3n) is 3.15. The van der Waals surface area contributed by atoms with Gasteiger partial charge in [0.2, 0.25) is 0 Å². The van der Waals surface area contributed by atoms with Crippen LogP contribution in [0.3, 0.4) is 0 Å². The lowest BCUT2D eigenvalue weighted by Gasteiger charge is -2.12. The van der Waals surface area contributed by atoms with Crippen molar-refractivity contribution in [2.45, 2.75) is 13.5 Å². The van der Waals surface area contributed by atoms with Crippen LogP contribution >= 0.6 is 0 Å². The summed E-state index contributed by atoms with van der Waals surface area (Å²) >= 11 is 0.